The lowest BCUT2D eigenvalue weighted by atomic mass is 10.2. The maximum absolute atomic E-state index is 12.6. The first-order valence-corrected chi connectivity index (χ1v) is 9.62. The molecule has 2 aromatic heterocycles. The molecule has 6 heteroatoms. The molecule has 1 aliphatic rings. The number of aromatic amines is 1. The van der Waals surface area contributed by atoms with E-state index in [-0.39, 0.29) is 5.56 Å². The number of anilines is 1. The van der Waals surface area contributed by atoms with Gasteiger partial charge in [-0.1, -0.05) is 18.2 Å². The zero-order valence-corrected chi connectivity index (χ0v) is 16.1. The molecule has 1 saturated heterocycles. The second-order valence-corrected chi connectivity index (χ2v) is 7.68. The third-order valence-corrected chi connectivity index (χ3v) is 5.73. The Kier molecular flexibility index (Phi) is 3.94. The van der Waals surface area contributed by atoms with E-state index in [2.05, 4.69) is 46.0 Å². The molecule has 142 valence electrons. The molecule has 0 radical (unpaired) electrons. The highest BCUT2D eigenvalue weighted by atomic mass is 16.1. The number of H-pyrrole nitrogens is 1. The van der Waals surface area contributed by atoms with E-state index in [1.807, 2.05) is 36.4 Å². The van der Waals surface area contributed by atoms with E-state index in [0.717, 1.165) is 35.0 Å². The average molecular weight is 373 g/mol. The fraction of sp³-hybridized carbons (Fsp3) is 0.273. The van der Waals surface area contributed by atoms with E-state index in [4.69, 9.17) is 0 Å². The Bertz CT molecular complexity index is 1220. The third-order valence-electron chi connectivity index (χ3n) is 5.73. The number of pyridine rings is 1. The van der Waals surface area contributed by atoms with Crippen LogP contribution >= 0.6 is 0 Å². The first kappa shape index (κ1) is 17.0. The molecule has 6 nitrogen and oxygen atoms in total. The maximum atomic E-state index is 12.6. The van der Waals surface area contributed by atoms with Gasteiger partial charge in [-0.2, -0.15) is 0 Å². The summed E-state index contributed by atoms with van der Waals surface area (Å²) >= 11 is 0. The number of nitrogens with zero attached hydrogens (tertiary/aromatic N) is 4. The Labute approximate surface area is 163 Å². The zero-order valence-electron chi connectivity index (χ0n) is 16.1. The van der Waals surface area contributed by atoms with Crippen molar-refractivity contribution in [2.24, 2.45) is 0 Å². The summed E-state index contributed by atoms with van der Waals surface area (Å²) in [5, 5.41) is 1.01. The van der Waals surface area contributed by atoms with Crippen molar-refractivity contribution < 1.29 is 0 Å². The van der Waals surface area contributed by atoms with Crippen molar-refractivity contribution in [2.45, 2.75) is 12.5 Å². The molecule has 0 unspecified atom stereocenters. The fourth-order valence-corrected chi connectivity index (χ4v) is 4.09. The van der Waals surface area contributed by atoms with Crippen LogP contribution < -0.4 is 10.5 Å². The highest BCUT2D eigenvalue weighted by Gasteiger charge is 2.24. The van der Waals surface area contributed by atoms with Gasteiger partial charge in [-0.25, -0.2) is 9.55 Å². The van der Waals surface area contributed by atoms with Gasteiger partial charge < -0.3 is 14.8 Å². The molecular weight excluding hydrogens is 350 g/mol. The van der Waals surface area contributed by atoms with Crippen LogP contribution in [0.25, 0.3) is 27.9 Å². The van der Waals surface area contributed by atoms with Gasteiger partial charge in [-0.15, -0.1) is 0 Å². The van der Waals surface area contributed by atoms with Crippen molar-refractivity contribution in [1.29, 1.82) is 0 Å². The minimum Gasteiger partial charge on any atom is -0.370 e. The molecule has 0 spiro atoms. The first-order valence-electron chi connectivity index (χ1n) is 9.62. The van der Waals surface area contributed by atoms with Crippen LogP contribution in [-0.4, -0.2) is 52.7 Å². The van der Waals surface area contributed by atoms with E-state index in [1.54, 1.807) is 10.6 Å². The largest absolute Gasteiger partial charge is 0.370 e. The summed E-state index contributed by atoms with van der Waals surface area (Å²) in [6.45, 7) is 2.08. The molecule has 1 aliphatic heterocycles. The minimum atomic E-state index is -0.0913. The Balaban J connectivity index is 1.57. The topological polar surface area (TPSA) is 57.2 Å². The third kappa shape index (κ3) is 2.77. The molecule has 5 rings (SSSR count). The molecule has 28 heavy (non-hydrogen) atoms. The summed E-state index contributed by atoms with van der Waals surface area (Å²) in [4.78, 5) is 25.3. The first-order chi connectivity index (χ1) is 13.6. The van der Waals surface area contributed by atoms with Crippen LogP contribution in [0.3, 0.4) is 0 Å². The number of aromatic nitrogens is 3. The number of fused-ring (bicyclic) bond motifs is 2. The highest BCUT2D eigenvalue weighted by molar-refractivity contribution is 5.83. The highest BCUT2D eigenvalue weighted by Crippen LogP contribution is 2.26. The number of benzene rings is 2. The molecule has 1 atom stereocenters. The van der Waals surface area contributed by atoms with Gasteiger partial charge in [-0.3, -0.25) is 4.79 Å². The predicted molar refractivity (Wildman–Crippen MR) is 114 cm³/mol. The minimum absolute atomic E-state index is 0.0913. The number of para-hydroxylation sites is 1. The lowest BCUT2D eigenvalue weighted by molar-refractivity contribution is 0.315. The predicted octanol–water partition coefficient (Wildman–Crippen LogP) is 3.01. The molecular formula is C22H23N5O. The second-order valence-electron chi connectivity index (χ2n) is 7.68. The number of nitrogens with one attached hydrogen (secondary N) is 1. The molecule has 2 aromatic carbocycles. The summed E-state index contributed by atoms with van der Waals surface area (Å²) in [7, 11) is 4.28. The Morgan fingerprint density at radius 3 is 2.79 bits per heavy atom. The van der Waals surface area contributed by atoms with Crippen molar-refractivity contribution in [1.82, 2.24) is 19.4 Å². The standard InChI is InChI=1S/C22H23N5O/c1-25(2)17-11-12-26(14-17)16-8-9-18-19(13-16)24-22(23-18)27-20-6-4-3-5-15(20)7-10-21(27)28/h3-10,13,17H,11-12,14H2,1-2H3,(H,23,24)/t17-/m1/s1. The van der Waals surface area contributed by atoms with Gasteiger partial charge in [0.2, 0.25) is 5.95 Å². The summed E-state index contributed by atoms with van der Waals surface area (Å²) < 4.78 is 1.65. The number of rotatable bonds is 3. The molecule has 4 aromatic rings. The van der Waals surface area contributed by atoms with Crippen molar-refractivity contribution in [3.8, 4) is 5.95 Å². The van der Waals surface area contributed by atoms with Gasteiger partial charge in [-0.05, 0) is 56.2 Å². The van der Waals surface area contributed by atoms with Crippen LogP contribution in [-0.2, 0) is 0 Å². The van der Waals surface area contributed by atoms with E-state index in [1.165, 1.54) is 12.1 Å². The quantitative estimate of drug-likeness (QED) is 0.600. The van der Waals surface area contributed by atoms with Crippen LogP contribution in [0, 0.1) is 0 Å². The molecule has 1 N–H and O–H groups in total. The summed E-state index contributed by atoms with van der Waals surface area (Å²) in [6, 6.07) is 18.2. The molecule has 0 amide bonds. The Morgan fingerprint density at radius 1 is 1.11 bits per heavy atom. The number of hydrogen-bond acceptors (Lipinski definition) is 4. The van der Waals surface area contributed by atoms with Crippen LogP contribution in [0.5, 0.6) is 0 Å². The van der Waals surface area contributed by atoms with Crippen LogP contribution in [0.2, 0.25) is 0 Å². The van der Waals surface area contributed by atoms with E-state index in [0.29, 0.717) is 12.0 Å². The Morgan fingerprint density at radius 2 is 1.96 bits per heavy atom. The van der Waals surface area contributed by atoms with Gasteiger partial charge in [0.25, 0.3) is 5.56 Å². The van der Waals surface area contributed by atoms with E-state index >= 15 is 0 Å². The van der Waals surface area contributed by atoms with Crippen molar-refractivity contribution in [2.75, 3.05) is 32.1 Å². The summed E-state index contributed by atoms with van der Waals surface area (Å²) in [5.41, 5.74) is 3.76. The SMILES string of the molecule is CN(C)[C@@H]1CCN(c2ccc3nc(-n4c(=O)ccc5ccccc54)[nH]c3c2)C1. The average Bonchev–Trinajstić information content (AvgIpc) is 3.34. The second kappa shape index (κ2) is 6.49. The molecule has 3 heterocycles. The van der Waals surface area contributed by atoms with Crippen LogP contribution in [0.4, 0.5) is 5.69 Å². The molecule has 1 fully saturated rings. The van der Waals surface area contributed by atoms with Gasteiger partial charge in [0.15, 0.2) is 0 Å². The van der Waals surface area contributed by atoms with Gasteiger partial charge in [0.05, 0.1) is 16.6 Å². The van der Waals surface area contributed by atoms with E-state index in [9.17, 15) is 4.79 Å². The van der Waals surface area contributed by atoms with Gasteiger partial charge in [0.1, 0.15) is 0 Å². The maximum Gasteiger partial charge on any atom is 0.257 e. The van der Waals surface area contributed by atoms with Gasteiger partial charge in [0, 0.05) is 30.9 Å². The molecule has 0 aliphatic carbocycles. The van der Waals surface area contributed by atoms with E-state index < -0.39 is 0 Å². The fourth-order valence-electron chi connectivity index (χ4n) is 4.09. The molecule has 0 bridgehead atoms. The lowest BCUT2D eigenvalue weighted by Gasteiger charge is -2.21. The molecule has 0 saturated carbocycles. The summed E-state index contributed by atoms with van der Waals surface area (Å²) in [5.74, 6) is 0.557. The lowest BCUT2D eigenvalue weighted by Crippen LogP contribution is -2.31. The number of imidazole rings is 1. The zero-order chi connectivity index (χ0) is 19.3. The normalized spacial score (nSPS) is 17.2. The smallest absolute Gasteiger partial charge is 0.257 e. The van der Waals surface area contributed by atoms with Crippen molar-refractivity contribution in [3.63, 3.8) is 0 Å². The van der Waals surface area contributed by atoms with Crippen LogP contribution in [0.1, 0.15) is 6.42 Å². The monoisotopic (exact) mass is 373 g/mol. The number of hydrogen-bond donors (Lipinski definition) is 1. The number of likely N-dealkylation sites (N-methyl/N-ethyl adjacent to an activating group) is 1. The Hall–Kier alpha value is -3.12. The van der Waals surface area contributed by atoms with Crippen molar-refractivity contribution in [3.05, 3.63) is 65.0 Å². The summed E-state index contributed by atoms with van der Waals surface area (Å²) in [6.07, 6.45) is 1.17. The van der Waals surface area contributed by atoms with Crippen LogP contribution in [0.15, 0.2) is 59.4 Å². The van der Waals surface area contributed by atoms with Crippen molar-refractivity contribution >= 4 is 27.6 Å². The van der Waals surface area contributed by atoms with Gasteiger partial charge >= 0.3 is 0 Å².